The molecule has 1 N–H and O–H groups in total. The highest BCUT2D eigenvalue weighted by Crippen LogP contribution is 2.20. The van der Waals surface area contributed by atoms with Crippen molar-refractivity contribution in [3.8, 4) is 0 Å². The van der Waals surface area contributed by atoms with Gasteiger partial charge in [0.2, 0.25) is 0 Å². The highest BCUT2D eigenvalue weighted by molar-refractivity contribution is 6.30. The highest BCUT2D eigenvalue weighted by Gasteiger charge is 2.13. The summed E-state index contributed by atoms with van der Waals surface area (Å²) < 4.78 is 15.4. The van der Waals surface area contributed by atoms with Gasteiger partial charge in [-0.15, -0.1) is 0 Å². The minimum atomic E-state index is -0.312. The molecule has 0 aliphatic heterocycles. The minimum absolute atomic E-state index is 0.0560. The van der Waals surface area contributed by atoms with Crippen LogP contribution in [-0.4, -0.2) is 9.78 Å². The minimum Gasteiger partial charge on any atom is -0.378 e. The van der Waals surface area contributed by atoms with Crippen LogP contribution in [0.2, 0.25) is 5.02 Å². The first-order chi connectivity index (χ1) is 8.86. The van der Waals surface area contributed by atoms with Crippen molar-refractivity contribution in [3.05, 3.63) is 47.0 Å². The molecule has 19 heavy (non-hydrogen) atoms. The van der Waals surface area contributed by atoms with Crippen molar-refractivity contribution in [3.63, 3.8) is 0 Å². The third kappa shape index (κ3) is 3.47. The molecule has 102 valence electrons. The van der Waals surface area contributed by atoms with Gasteiger partial charge in [-0.1, -0.05) is 11.6 Å². The van der Waals surface area contributed by atoms with Gasteiger partial charge in [0, 0.05) is 23.3 Å². The molecule has 0 radical (unpaired) electrons. The summed E-state index contributed by atoms with van der Waals surface area (Å²) in [5.74, 6) is -0.312. The predicted molar refractivity (Wildman–Crippen MR) is 76.0 cm³/mol. The van der Waals surface area contributed by atoms with Gasteiger partial charge in [0.05, 0.1) is 17.4 Å². The molecule has 0 saturated heterocycles. The Balaban J connectivity index is 2.06. The van der Waals surface area contributed by atoms with Crippen LogP contribution in [0.1, 0.15) is 26.3 Å². The fourth-order valence-electron chi connectivity index (χ4n) is 1.65. The molecule has 0 amide bonds. The molecule has 1 heterocycles. The van der Waals surface area contributed by atoms with Gasteiger partial charge in [0.25, 0.3) is 0 Å². The third-order valence-electron chi connectivity index (χ3n) is 2.73. The average molecular weight is 282 g/mol. The number of anilines is 1. The average Bonchev–Trinajstić information content (AvgIpc) is 2.79. The van der Waals surface area contributed by atoms with E-state index in [0.717, 1.165) is 5.56 Å². The molecule has 0 bridgehead atoms. The zero-order chi connectivity index (χ0) is 14.0. The van der Waals surface area contributed by atoms with E-state index in [2.05, 4.69) is 31.2 Å². The quantitative estimate of drug-likeness (QED) is 0.920. The molecule has 0 fully saturated rings. The molecule has 0 saturated carbocycles. The normalized spacial score (nSPS) is 11.6. The SMILES string of the molecule is CC(C)(C)n1cc(CNc2cc(Cl)ccc2F)cn1. The Morgan fingerprint density at radius 2 is 2.11 bits per heavy atom. The van der Waals surface area contributed by atoms with Gasteiger partial charge in [-0.3, -0.25) is 4.68 Å². The lowest BCUT2D eigenvalue weighted by Gasteiger charge is -2.18. The molecule has 3 nitrogen and oxygen atoms in total. The van der Waals surface area contributed by atoms with E-state index < -0.39 is 0 Å². The van der Waals surface area contributed by atoms with Gasteiger partial charge in [-0.2, -0.15) is 5.10 Å². The number of aromatic nitrogens is 2. The first kappa shape index (κ1) is 13.9. The number of halogens is 2. The van der Waals surface area contributed by atoms with E-state index in [1.165, 1.54) is 12.1 Å². The van der Waals surface area contributed by atoms with Crippen molar-refractivity contribution in [2.24, 2.45) is 0 Å². The van der Waals surface area contributed by atoms with E-state index in [1.54, 1.807) is 12.3 Å². The van der Waals surface area contributed by atoms with Crippen molar-refractivity contribution in [2.75, 3.05) is 5.32 Å². The van der Waals surface area contributed by atoms with Crippen LogP contribution in [0.3, 0.4) is 0 Å². The van der Waals surface area contributed by atoms with Crippen LogP contribution in [-0.2, 0) is 12.1 Å². The van der Waals surface area contributed by atoms with Crippen molar-refractivity contribution in [1.82, 2.24) is 9.78 Å². The van der Waals surface area contributed by atoms with E-state index in [0.29, 0.717) is 17.3 Å². The molecular formula is C14H17ClFN3. The Morgan fingerprint density at radius 3 is 2.74 bits per heavy atom. The van der Waals surface area contributed by atoms with Crippen molar-refractivity contribution < 1.29 is 4.39 Å². The summed E-state index contributed by atoms with van der Waals surface area (Å²) in [4.78, 5) is 0. The smallest absolute Gasteiger partial charge is 0.146 e. The Morgan fingerprint density at radius 1 is 1.37 bits per heavy atom. The second-order valence-corrected chi connectivity index (χ2v) is 5.88. The lowest BCUT2D eigenvalue weighted by atomic mass is 10.1. The maximum Gasteiger partial charge on any atom is 0.146 e. The maximum atomic E-state index is 13.5. The standard InChI is InChI=1S/C14H17ClFN3/c1-14(2,3)19-9-10(8-18-19)7-17-13-6-11(15)4-5-12(13)16/h4-6,8-9,17H,7H2,1-3H3. The fraction of sp³-hybridized carbons (Fsp3) is 0.357. The summed E-state index contributed by atoms with van der Waals surface area (Å²) in [5, 5.41) is 7.83. The first-order valence-electron chi connectivity index (χ1n) is 6.09. The number of nitrogens with one attached hydrogen (secondary N) is 1. The zero-order valence-corrected chi connectivity index (χ0v) is 12.0. The number of hydrogen-bond acceptors (Lipinski definition) is 2. The largest absolute Gasteiger partial charge is 0.378 e. The van der Waals surface area contributed by atoms with E-state index in [4.69, 9.17) is 11.6 Å². The fourth-order valence-corrected chi connectivity index (χ4v) is 1.82. The molecule has 0 aliphatic carbocycles. The van der Waals surface area contributed by atoms with E-state index >= 15 is 0 Å². The summed E-state index contributed by atoms with van der Waals surface area (Å²) in [6.07, 6.45) is 3.73. The summed E-state index contributed by atoms with van der Waals surface area (Å²) in [6, 6.07) is 4.45. The summed E-state index contributed by atoms with van der Waals surface area (Å²) in [7, 11) is 0. The molecule has 0 spiro atoms. The first-order valence-corrected chi connectivity index (χ1v) is 6.47. The van der Waals surface area contributed by atoms with Crippen LogP contribution < -0.4 is 5.32 Å². The predicted octanol–water partition coefficient (Wildman–Crippen LogP) is 4.04. The Kier molecular flexibility index (Phi) is 3.80. The van der Waals surface area contributed by atoms with E-state index in [1.807, 2.05) is 10.9 Å². The van der Waals surface area contributed by atoms with Gasteiger partial charge >= 0.3 is 0 Å². The third-order valence-corrected chi connectivity index (χ3v) is 2.97. The number of benzene rings is 1. The summed E-state index contributed by atoms with van der Waals surface area (Å²) in [5.41, 5.74) is 1.34. The second-order valence-electron chi connectivity index (χ2n) is 5.44. The van der Waals surface area contributed by atoms with Crippen molar-refractivity contribution in [1.29, 1.82) is 0 Å². The van der Waals surface area contributed by atoms with Crippen LogP contribution in [0.4, 0.5) is 10.1 Å². The van der Waals surface area contributed by atoms with Gasteiger partial charge in [0.15, 0.2) is 0 Å². The Bertz CT molecular complexity index is 572. The second kappa shape index (κ2) is 5.21. The molecule has 5 heteroatoms. The lowest BCUT2D eigenvalue weighted by Crippen LogP contribution is -2.21. The summed E-state index contributed by atoms with van der Waals surface area (Å²) >= 11 is 5.84. The van der Waals surface area contributed by atoms with Gasteiger partial charge < -0.3 is 5.32 Å². The van der Waals surface area contributed by atoms with E-state index in [9.17, 15) is 4.39 Å². The lowest BCUT2D eigenvalue weighted by molar-refractivity contribution is 0.355. The van der Waals surface area contributed by atoms with Gasteiger partial charge in [0.1, 0.15) is 5.82 Å². The Labute approximate surface area is 117 Å². The summed E-state index contributed by atoms with van der Waals surface area (Å²) in [6.45, 7) is 6.74. The van der Waals surface area contributed by atoms with Gasteiger partial charge in [-0.25, -0.2) is 4.39 Å². The van der Waals surface area contributed by atoms with Crippen LogP contribution in [0.5, 0.6) is 0 Å². The number of rotatable bonds is 3. The number of hydrogen-bond donors (Lipinski definition) is 1. The molecule has 2 rings (SSSR count). The number of nitrogens with zero attached hydrogens (tertiary/aromatic N) is 2. The topological polar surface area (TPSA) is 29.9 Å². The molecular weight excluding hydrogens is 265 g/mol. The van der Waals surface area contributed by atoms with Crippen LogP contribution in [0.25, 0.3) is 0 Å². The Hall–Kier alpha value is -1.55. The van der Waals surface area contributed by atoms with Crippen LogP contribution in [0, 0.1) is 5.82 Å². The van der Waals surface area contributed by atoms with E-state index in [-0.39, 0.29) is 11.4 Å². The van der Waals surface area contributed by atoms with Crippen molar-refractivity contribution in [2.45, 2.75) is 32.9 Å². The van der Waals surface area contributed by atoms with Gasteiger partial charge in [-0.05, 0) is 39.0 Å². The van der Waals surface area contributed by atoms with Crippen LogP contribution >= 0.6 is 11.6 Å². The monoisotopic (exact) mass is 281 g/mol. The van der Waals surface area contributed by atoms with Crippen LogP contribution in [0.15, 0.2) is 30.6 Å². The molecule has 0 aliphatic rings. The van der Waals surface area contributed by atoms with Crippen molar-refractivity contribution >= 4 is 17.3 Å². The zero-order valence-electron chi connectivity index (χ0n) is 11.2. The molecule has 1 aromatic heterocycles. The maximum absolute atomic E-state index is 13.5. The molecule has 1 aromatic carbocycles. The molecule has 0 atom stereocenters. The molecule has 0 unspecified atom stereocenters. The molecule has 2 aromatic rings. The highest BCUT2D eigenvalue weighted by atomic mass is 35.5.